The van der Waals surface area contributed by atoms with Gasteiger partial charge in [-0.15, -0.1) is 0 Å². The molecule has 0 radical (unpaired) electrons. The lowest BCUT2D eigenvalue weighted by molar-refractivity contribution is -0.126. The Balaban J connectivity index is 2.38. The van der Waals surface area contributed by atoms with E-state index in [0.717, 1.165) is 4.90 Å². The van der Waals surface area contributed by atoms with Crippen molar-refractivity contribution >= 4 is 11.9 Å². The Bertz CT molecular complexity index is 433. The van der Waals surface area contributed by atoms with Crippen molar-refractivity contribution in [1.29, 1.82) is 0 Å². The molecule has 1 atom stereocenters. The first kappa shape index (κ1) is 9.64. The summed E-state index contributed by atoms with van der Waals surface area (Å²) in [6.07, 6.45) is 0. The van der Waals surface area contributed by atoms with E-state index in [-0.39, 0.29) is 5.56 Å². The van der Waals surface area contributed by atoms with Gasteiger partial charge in [0.05, 0.1) is 0 Å². The summed E-state index contributed by atoms with van der Waals surface area (Å²) < 4.78 is 13.3. The fourth-order valence-corrected chi connectivity index (χ4v) is 1.50. The van der Waals surface area contributed by atoms with Crippen molar-refractivity contribution in [3.05, 3.63) is 35.6 Å². The quantitative estimate of drug-likeness (QED) is 0.701. The smallest absolute Gasteiger partial charge is 0.322 e. The second-order valence-electron chi connectivity index (χ2n) is 3.30. The number of nitrogens with zero attached hydrogens (tertiary/aromatic N) is 1. The number of hydrogen-bond acceptors (Lipinski definition) is 2. The summed E-state index contributed by atoms with van der Waals surface area (Å²) in [5.41, 5.74) is 0.195. The van der Waals surface area contributed by atoms with Gasteiger partial charge in [-0.1, -0.05) is 18.2 Å². The molecule has 1 aromatic carbocycles. The first-order valence-corrected chi connectivity index (χ1v) is 4.44. The van der Waals surface area contributed by atoms with Crippen molar-refractivity contribution < 1.29 is 14.0 Å². The Morgan fingerprint density at radius 1 is 1.33 bits per heavy atom. The van der Waals surface area contributed by atoms with Crippen molar-refractivity contribution in [3.8, 4) is 0 Å². The number of hydrogen-bond donors (Lipinski definition) is 1. The average molecular weight is 208 g/mol. The van der Waals surface area contributed by atoms with Gasteiger partial charge in [-0.3, -0.25) is 9.69 Å². The first-order valence-electron chi connectivity index (χ1n) is 4.44. The highest BCUT2D eigenvalue weighted by Crippen LogP contribution is 2.22. The first-order chi connectivity index (χ1) is 7.11. The van der Waals surface area contributed by atoms with Crippen LogP contribution < -0.4 is 5.32 Å². The van der Waals surface area contributed by atoms with E-state index in [1.807, 2.05) is 0 Å². The second kappa shape index (κ2) is 3.34. The summed E-state index contributed by atoms with van der Waals surface area (Å²) >= 11 is 0. The van der Waals surface area contributed by atoms with Crippen molar-refractivity contribution in [1.82, 2.24) is 10.2 Å². The summed E-state index contributed by atoms with van der Waals surface area (Å²) in [5, 5.41) is 2.41. The largest absolute Gasteiger partial charge is 0.324 e. The van der Waals surface area contributed by atoms with E-state index in [4.69, 9.17) is 0 Å². The van der Waals surface area contributed by atoms with Crippen LogP contribution in [0.4, 0.5) is 9.18 Å². The predicted molar refractivity (Wildman–Crippen MR) is 50.4 cm³/mol. The molecule has 0 aliphatic carbocycles. The summed E-state index contributed by atoms with van der Waals surface area (Å²) in [6, 6.07) is 4.49. The van der Waals surface area contributed by atoms with Gasteiger partial charge in [0.2, 0.25) is 0 Å². The highest BCUT2D eigenvalue weighted by atomic mass is 19.1. The van der Waals surface area contributed by atoms with E-state index < -0.39 is 23.8 Å². The molecule has 0 saturated carbocycles. The molecule has 5 heteroatoms. The number of amides is 3. The van der Waals surface area contributed by atoms with Gasteiger partial charge in [-0.25, -0.2) is 9.18 Å². The topological polar surface area (TPSA) is 49.4 Å². The fourth-order valence-electron chi connectivity index (χ4n) is 1.50. The molecule has 0 aromatic heterocycles. The van der Waals surface area contributed by atoms with Crippen LogP contribution in [-0.2, 0) is 4.79 Å². The number of benzene rings is 1. The third-order valence-corrected chi connectivity index (χ3v) is 2.37. The van der Waals surface area contributed by atoms with Crippen LogP contribution in [0.3, 0.4) is 0 Å². The van der Waals surface area contributed by atoms with Gasteiger partial charge in [-0.2, -0.15) is 0 Å². The Hall–Kier alpha value is -1.91. The predicted octanol–water partition coefficient (Wildman–Crippen LogP) is 1.05. The molecule has 0 spiro atoms. The van der Waals surface area contributed by atoms with E-state index in [9.17, 15) is 14.0 Å². The molecular formula is C10H9FN2O2. The zero-order chi connectivity index (χ0) is 11.0. The number of halogens is 1. The lowest BCUT2D eigenvalue weighted by Gasteiger charge is -2.08. The highest BCUT2D eigenvalue weighted by molar-refractivity contribution is 6.04. The molecule has 15 heavy (non-hydrogen) atoms. The average Bonchev–Trinajstić information content (AvgIpc) is 2.47. The fraction of sp³-hybridized carbons (Fsp3) is 0.200. The van der Waals surface area contributed by atoms with Gasteiger partial charge in [-0.05, 0) is 6.07 Å². The van der Waals surface area contributed by atoms with Gasteiger partial charge in [0.25, 0.3) is 5.91 Å². The number of likely N-dealkylation sites (N-methyl/N-ethyl adjacent to an activating group) is 1. The number of carbonyl (C=O) groups excluding carboxylic acids is 2. The number of imide groups is 1. The molecule has 1 aromatic rings. The number of rotatable bonds is 1. The molecule has 78 valence electrons. The molecule has 1 saturated heterocycles. The molecule has 2 rings (SSSR count). The Morgan fingerprint density at radius 3 is 2.53 bits per heavy atom. The van der Waals surface area contributed by atoms with Crippen LogP contribution in [0, 0.1) is 5.82 Å². The van der Waals surface area contributed by atoms with Crippen LogP contribution in [0.2, 0.25) is 0 Å². The third kappa shape index (κ3) is 1.45. The van der Waals surface area contributed by atoms with Gasteiger partial charge < -0.3 is 5.32 Å². The minimum Gasteiger partial charge on any atom is -0.322 e. The monoisotopic (exact) mass is 208 g/mol. The Labute approximate surface area is 85.7 Å². The summed E-state index contributed by atoms with van der Waals surface area (Å²) in [5.74, 6) is -0.934. The minimum atomic E-state index is -0.899. The molecular weight excluding hydrogens is 199 g/mol. The lowest BCUT2D eigenvalue weighted by atomic mass is 10.1. The van der Waals surface area contributed by atoms with Crippen LogP contribution in [0.25, 0.3) is 0 Å². The molecule has 0 bridgehead atoms. The second-order valence-corrected chi connectivity index (χ2v) is 3.30. The normalized spacial score (nSPS) is 20.7. The number of urea groups is 1. The molecule has 1 N–H and O–H groups in total. The van der Waals surface area contributed by atoms with E-state index in [2.05, 4.69) is 5.32 Å². The molecule has 1 aliphatic heterocycles. The van der Waals surface area contributed by atoms with Crippen LogP contribution >= 0.6 is 0 Å². The minimum absolute atomic E-state index is 0.195. The van der Waals surface area contributed by atoms with Gasteiger partial charge in [0, 0.05) is 12.6 Å². The van der Waals surface area contributed by atoms with Gasteiger partial charge in [0.15, 0.2) is 0 Å². The lowest BCUT2D eigenvalue weighted by Crippen LogP contribution is -2.25. The summed E-state index contributed by atoms with van der Waals surface area (Å²) in [6.45, 7) is 0. The Kier molecular flexibility index (Phi) is 2.15. The van der Waals surface area contributed by atoms with Gasteiger partial charge in [0.1, 0.15) is 11.9 Å². The number of nitrogens with one attached hydrogen (secondary N) is 1. The maximum Gasteiger partial charge on any atom is 0.324 e. The van der Waals surface area contributed by atoms with E-state index >= 15 is 0 Å². The van der Waals surface area contributed by atoms with Crippen molar-refractivity contribution in [2.24, 2.45) is 0 Å². The van der Waals surface area contributed by atoms with Crippen LogP contribution in [0.5, 0.6) is 0 Å². The highest BCUT2D eigenvalue weighted by Gasteiger charge is 2.37. The molecule has 1 unspecified atom stereocenters. The summed E-state index contributed by atoms with van der Waals surface area (Å²) in [4.78, 5) is 23.6. The van der Waals surface area contributed by atoms with Crippen LogP contribution in [0.1, 0.15) is 11.6 Å². The molecule has 4 nitrogen and oxygen atoms in total. The number of carbonyl (C=O) groups is 2. The summed E-state index contributed by atoms with van der Waals surface area (Å²) in [7, 11) is 1.36. The molecule has 3 amide bonds. The zero-order valence-corrected chi connectivity index (χ0v) is 8.03. The van der Waals surface area contributed by atoms with Crippen molar-refractivity contribution in [3.63, 3.8) is 0 Å². The molecule has 1 aliphatic rings. The zero-order valence-electron chi connectivity index (χ0n) is 8.03. The van der Waals surface area contributed by atoms with Crippen molar-refractivity contribution in [2.45, 2.75) is 6.04 Å². The van der Waals surface area contributed by atoms with Gasteiger partial charge >= 0.3 is 6.03 Å². The third-order valence-electron chi connectivity index (χ3n) is 2.37. The van der Waals surface area contributed by atoms with E-state index in [1.54, 1.807) is 6.07 Å². The van der Waals surface area contributed by atoms with Crippen LogP contribution in [-0.4, -0.2) is 23.9 Å². The van der Waals surface area contributed by atoms with Crippen molar-refractivity contribution in [2.75, 3.05) is 7.05 Å². The molecule has 1 fully saturated rings. The van der Waals surface area contributed by atoms with Crippen LogP contribution in [0.15, 0.2) is 24.3 Å². The SMILES string of the molecule is CN1C(=O)NC(c2ccccc2F)C1=O. The maximum absolute atomic E-state index is 13.3. The maximum atomic E-state index is 13.3. The molecule has 1 heterocycles. The van der Waals surface area contributed by atoms with E-state index in [1.165, 1.54) is 25.2 Å². The van der Waals surface area contributed by atoms with E-state index in [0.29, 0.717) is 0 Å². The Morgan fingerprint density at radius 2 is 2.00 bits per heavy atom. The standard InChI is InChI=1S/C10H9FN2O2/c1-13-9(14)8(12-10(13)15)6-4-2-3-5-7(6)11/h2-5,8H,1H3,(H,12,15).